The third-order valence-corrected chi connectivity index (χ3v) is 9.42. The Morgan fingerprint density at radius 1 is 1.05 bits per heavy atom. The molecule has 0 saturated heterocycles. The van der Waals surface area contributed by atoms with E-state index in [1.54, 1.807) is 57.3 Å². The zero-order valence-electron chi connectivity index (χ0n) is 21.7. The lowest BCUT2D eigenvalue weighted by atomic mass is 9.92. The number of alkyl halides is 3. The first kappa shape index (κ1) is 28.5. The number of hydrogen-bond donors (Lipinski definition) is 4. The number of hydrogen-bond acceptors (Lipinski definition) is 6. The van der Waals surface area contributed by atoms with Crippen molar-refractivity contribution >= 4 is 36.6 Å². The van der Waals surface area contributed by atoms with Gasteiger partial charge in [-0.1, -0.05) is 38.1 Å². The SMILES string of the molecule is CCC(CC)(c1ccc(Nc2ncc(C(F)(F)F)c(Nc3cccc4c3C(=O)N(C)C4C)n2)cc1)P(=O)(O)O. The maximum Gasteiger partial charge on any atom is 0.421 e. The second-order valence-corrected chi connectivity index (χ2v) is 11.4. The minimum Gasteiger partial charge on any atom is -0.339 e. The van der Waals surface area contributed by atoms with Crippen LogP contribution in [0.1, 0.15) is 66.7 Å². The van der Waals surface area contributed by atoms with E-state index in [2.05, 4.69) is 20.6 Å². The van der Waals surface area contributed by atoms with Gasteiger partial charge in [-0.15, -0.1) is 0 Å². The zero-order valence-corrected chi connectivity index (χ0v) is 22.6. The van der Waals surface area contributed by atoms with Crippen LogP contribution in [-0.4, -0.2) is 37.6 Å². The lowest BCUT2D eigenvalue weighted by molar-refractivity contribution is -0.137. The highest BCUT2D eigenvalue weighted by molar-refractivity contribution is 7.53. The average Bonchev–Trinajstić information content (AvgIpc) is 3.09. The smallest absolute Gasteiger partial charge is 0.339 e. The molecule has 4 N–H and O–H groups in total. The molecular weight excluding hydrogens is 534 g/mol. The van der Waals surface area contributed by atoms with Gasteiger partial charge in [0.15, 0.2) is 0 Å². The molecule has 1 atom stereocenters. The monoisotopic (exact) mass is 563 g/mol. The van der Waals surface area contributed by atoms with Gasteiger partial charge in [-0.2, -0.15) is 18.2 Å². The van der Waals surface area contributed by atoms with Crippen molar-refractivity contribution < 1.29 is 32.3 Å². The van der Waals surface area contributed by atoms with E-state index in [1.165, 1.54) is 11.0 Å². The molecule has 0 aliphatic carbocycles. The molecule has 13 heteroatoms. The first-order valence-electron chi connectivity index (χ1n) is 12.3. The molecule has 2 aromatic carbocycles. The molecule has 0 spiro atoms. The molecule has 0 saturated carbocycles. The number of carbonyl (C=O) groups excluding carboxylic acids is 1. The average molecular weight is 564 g/mol. The highest BCUT2D eigenvalue weighted by Gasteiger charge is 2.45. The van der Waals surface area contributed by atoms with Crippen LogP contribution in [-0.2, 0) is 15.9 Å². The van der Waals surface area contributed by atoms with E-state index < -0.39 is 30.3 Å². The zero-order chi connectivity index (χ0) is 28.8. The normalized spacial score (nSPS) is 15.9. The van der Waals surface area contributed by atoms with Crippen molar-refractivity contribution in [2.45, 2.75) is 51.0 Å². The highest BCUT2D eigenvalue weighted by atomic mass is 31.2. The number of carbonyl (C=O) groups is 1. The summed E-state index contributed by atoms with van der Waals surface area (Å²) in [5.41, 5.74) is 0.918. The molecule has 3 aromatic rings. The van der Waals surface area contributed by atoms with Crippen LogP contribution in [0.15, 0.2) is 48.7 Å². The van der Waals surface area contributed by atoms with Gasteiger partial charge in [0.25, 0.3) is 5.91 Å². The summed E-state index contributed by atoms with van der Waals surface area (Å²) in [5.74, 6) is -0.987. The van der Waals surface area contributed by atoms with Gasteiger partial charge < -0.3 is 25.3 Å². The number of anilines is 4. The van der Waals surface area contributed by atoms with Gasteiger partial charge in [-0.25, -0.2) is 4.98 Å². The fraction of sp³-hybridized carbons (Fsp3) is 0.346. The van der Waals surface area contributed by atoms with E-state index in [9.17, 15) is 32.3 Å². The van der Waals surface area contributed by atoms with Gasteiger partial charge in [0.05, 0.1) is 22.4 Å². The van der Waals surface area contributed by atoms with Gasteiger partial charge in [0, 0.05) is 18.9 Å². The van der Waals surface area contributed by atoms with Crippen molar-refractivity contribution in [3.8, 4) is 0 Å². The maximum absolute atomic E-state index is 13.8. The Hall–Kier alpha value is -3.47. The van der Waals surface area contributed by atoms with Crippen LogP contribution in [0.4, 0.5) is 36.3 Å². The van der Waals surface area contributed by atoms with E-state index in [-0.39, 0.29) is 42.0 Å². The first-order chi connectivity index (χ1) is 18.2. The summed E-state index contributed by atoms with van der Waals surface area (Å²) >= 11 is 0. The highest BCUT2D eigenvalue weighted by Crippen LogP contribution is 2.61. The molecule has 9 nitrogen and oxygen atoms in total. The molecule has 4 rings (SSSR count). The van der Waals surface area contributed by atoms with Crippen molar-refractivity contribution in [1.29, 1.82) is 0 Å². The third-order valence-electron chi connectivity index (χ3n) is 7.41. The molecule has 2 heterocycles. The third kappa shape index (κ3) is 5.11. The van der Waals surface area contributed by atoms with Gasteiger partial charge in [-0.05, 0) is 49.1 Å². The molecular formula is C26H29F3N5O4P. The lowest BCUT2D eigenvalue weighted by Gasteiger charge is -2.33. The second kappa shape index (κ2) is 10.3. The quantitative estimate of drug-likeness (QED) is 0.235. The van der Waals surface area contributed by atoms with Crippen LogP contribution in [0.2, 0.25) is 0 Å². The Labute approximate surface area is 223 Å². The number of aromatic nitrogens is 2. The Kier molecular flexibility index (Phi) is 7.50. The van der Waals surface area contributed by atoms with Crippen LogP contribution >= 0.6 is 7.60 Å². The van der Waals surface area contributed by atoms with Gasteiger partial charge >= 0.3 is 13.8 Å². The van der Waals surface area contributed by atoms with Crippen molar-refractivity contribution in [3.63, 3.8) is 0 Å². The molecule has 1 aromatic heterocycles. The predicted molar refractivity (Wildman–Crippen MR) is 141 cm³/mol. The fourth-order valence-corrected chi connectivity index (χ4v) is 6.23. The largest absolute Gasteiger partial charge is 0.421 e. The van der Waals surface area contributed by atoms with E-state index in [1.807, 2.05) is 6.92 Å². The minimum atomic E-state index is -4.76. The van der Waals surface area contributed by atoms with Crippen molar-refractivity contribution in [1.82, 2.24) is 14.9 Å². The summed E-state index contributed by atoms with van der Waals surface area (Å²) in [6.45, 7) is 5.24. The van der Waals surface area contributed by atoms with Gasteiger partial charge in [0.1, 0.15) is 11.4 Å². The first-order valence-corrected chi connectivity index (χ1v) is 13.9. The molecule has 39 heavy (non-hydrogen) atoms. The van der Waals surface area contributed by atoms with Crippen LogP contribution in [0.3, 0.4) is 0 Å². The summed E-state index contributed by atoms with van der Waals surface area (Å²) in [5, 5.41) is 4.19. The number of nitrogens with one attached hydrogen (secondary N) is 2. The van der Waals surface area contributed by atoms with Gasteiger partial charge in [0.2, 0.25) is 5.95 Å². The molecule has 208 valence electrons. The number of benzene rings is 2. The van der Waals surface area contributed by atoms with Gasteiger partial charge in [-0.3, -0.25) is 9.36 Å². The molecule has 0 bridgehead atoms. The molecule has 1 unspecified atom stereocenters. The Morgan fingerprint density at radius 2 is 1.69 bits per heavy atom. The number of rotatable bonds is 8. The van der Waals surface area contributed by atoms with E-state index >= 15 is 0 Å². The number of nitrogens with zero attached hydrogens (tertiary/aromatic N) is 3. The van der Waals surface area contributed by atoms with E-state index in [4.69, 9.17) is 0 Å². The van der Waals surface area contributed by atoms with Crippen LogP contribution < -0.4 is 10.6 Å². The van der Waals surface area contributed by atoms with Crippen LogP contribution in [0, 0.1) is 0 Å². The number of amides is 1. The molecule has 1 aliphatic rings. The predicted octanol–water partition coefficient (Wildman–Crippen LogP) is 6.32. The van der Waals surface area contributed by atoms with Crippen molar-refractivity contribution in [3.05, 3.63) is 70.9 Å². The van der Waals surface area contributed by atoms with Crippen LogP contribution in [0.5, 0.6) is 0 Å². The lowest BCUT2D eigenvalue weighted by Crippen LogP contribution is -2.24. The standard InChI is InChI=1S/C26H29F3N5O4P/c1-5-25(6-2,39(36,37)38)16-10-12-17(13-11-16)31-24-30-14-19(26(27,28)29)22(33-24)32-20-9-7-8-18-15(3)34(4)23(35)21(18)20/h7-15H,5-6H2,1-4H3,(H2,36,37,38)(H2,30,31,32,33). The van der Waals surface area contributed by atoms with Crippen molar-refractivity contribution in [2.75, 3.05) is 17.7 Å². The molecule has 1 aliphatic heterocycles. The maximum atomic E-state index is 13.8. The Bertz CT molecular complexity index is 1440. The van der Waals surface area contributed by atoms with E-state index in [0.29, 0.717) is 23.0 Å². The summed E-state index contributed by atoms with van der Waals surface area (Å²) in [6.07, 6.45) is -3.67. The summed E-state index contributed by atoms with van der Waals surface area (Å²) in [4.78, 5) is 42.1. The molecule has 0 fully saturated rings. The summed E-state index contributed by atoms with van der Waals surface area (Å²) in [6, 6.07) is 10.9. The minimum absolute atomic E-state index is 0.144. The number of fused-ring (bicyclic) bond motifs is 1. The fourth-order valence-electron chi connectivity index (χ4n) is 4.93. The van der Waals surface area contributed by atoms with E-state index in [0.717, 1.165) is 0 Å². The number of halogens is 3. The second-order valence-electron chi connectivity index (χ2n) is 9.43. The summed E-state index contributed by atoms with van der Waals surface area (Å²) in [7, 11) is -2.85. The Morgan fingerprint density at radius 3 is 2.26 bits per heavy atom. The van der Waals surface area contributed by atoms with Crippen LogP contribution in [0.25, 0.3) is 0 Å². The topological polar surface area (TPSA) is 128 Å². The Balaban J connectivity index is 1.68. The van der Waals surface area contributed by atoms with Crippen molar-refractivity contribution in [2.24, 2.45) is 0 Å². The summed E-state index contributed by atoms with van der Waals surface area (Å²) < 4.78 is 53.7. The molecule has 0 radical (unpaired) electrons. The molecule has 1 amide bonds.